The average molecular weight is 285 g/mol. The monoisotopic (exact) mass is 284 g/mol. The van der Waals surface area contributed by atoms with Crippen molar-refractivity contribution in [2.24, 2.45) is 5.73 Å². The summed E-state index contributed by atoms with van der Waals surface area (Å²) in [4.78, 5) is 6.39. The summed E-state index contributed by atoms with van der Waals surface area (Å²) >= 11 is 3.49. The Morgan fingerprint density at radius 2 is 2.31 bits per heavy atom. The first kappa shape index (κ1) is 13.0. The van der Waals surface area contributed by atoms with Gasteiger partial charge in [0, 0.05) is 25.7 Å². The first-order valence-electron chi connectivity index (χ1n) is 5.09. The second-order valence-electron chi connectivity index (χ2n) is 4.01. The van der Waals surface area contributed by atoms with E-state index in [1.807, 2.05) is 38.1 Å². The van der Waals surface area contributed by atoms with Gasteiger partial charge in [-0.25, -0.2) is 4.98 Å². The smallest absolute Gasteiger partial charge is 0.142 e. The molecule has 0 fully saturated rings. The van der Waals surface area contributed by atoms with Gasteiger partial charge in [0.2, 0.25) is 0 Å². The zero-order valence-corrected chi connectivity index (χ0v) is 11.4. The molecule has 1 rings (SSSR count). The number of aromatic nitrogens is 1. The van der Waals surface area contributed by atoms with Gasteiger partial charge in [-0.3, -0.25) is 5.41 Å². The highest BCUT2D eigenvalue weighted by atomic mass is 79.9. The third-order valence-corrected chi connectivity index (χ3v) is 3.05. The number of anilines is 1. The van der Waals surface area contributed by atoms with Crippen LogP contribution in [-0.2, 0) is 0 Å². The van der Waals surface area contributed by atoms with Gasteiger partial charge >= 0.3 is 0 Å². The lowest BCUT2D eigenvalue weighted by Crippen LogP contribution is -2.33. The zero-order chi connectivity index (χ0) is 12.3. The molecule has 1 unspecified atom stereocenters. The van der Waals surface area contributed by atoms with Gasteiger partial charge < -0.3 is 10.6 Å². The summed E-state index contributed by atoms with van der Waals surface area (Å²) < 4.78 is 0.963. The van der Waals surface area contributed by atoms with Crippen molar-refractivity contribution in [2.45, 2.75) is 26.3 Å². The normalized spacial score (nSPS) is 12.2. The minimum absolute atomic E-state index is 0.156. The Morgan fingerprint density at radius 1 is 1.69 bits per heavy atom. The van der Waals surface area contributed by atoms with Crippen LogP contribution in [0.1, 0.15) is 18.9 Å². The molecule has 16 heavy (non-hydrogen) atoms. The molecule has 0 aromatic carbocycles. The number of hydrogen-bond acceptors (Lipinski definition) is 3. The second kappa shape index (κ2) is 5.30. The molecule has 3 N–H and O–H groups in total. The van der Waals surface area contributed by atoms with Crippen molar-refractivity contribution in [1.82, 2.24) is 4.98 Å². The number of hydrogen-bond donors (Lipinski definition) is 2. The summed E-state index contributed by atoms with van der Waals surface area (Å²) in [6.07, 6.45) is 2.37. The quantitative estimate of drug-likeness (QED) is 0.659. The number of pyridine rings is 1. The van der Waals surface area contributed by atoms with E-state index < -0.39 is 0 Å². The highest BCUT2D eigenvalue weighted by Gasteiger charge is 2.14. The molecule has 1 atom stereocenters. The summed E-state index contributed by atoms with van der Waals surface area (Å²) in [6, 6.07) is 2.18. The fraction of sp³-hybridized carbons (Fsp3) is 0.455. The van der Waals surface area contributed by atoms with Crippen LogP contribution in [0, 0.1) is 12.3 Å². The Morgan fingerprint density at radius 3 is 2.81 bits per heavy atom. The first-order chi connectivity index (χ1) is 7.41. The highest BCUT2D eigenvalue weighted by Crippen LogP contribution is 2.25. The van der Waals surface area contributed by atoms with Crippen LogP contribution in [0.3, 0.4) is 0 Å². The van der Waals surface area contributed by atoms with E-state index in [2.05, 4.69) is 20.9 Å². The van der Waals surface area contributed by atoms with E-state index in [1.165, 1.54) is 0 Å². The summed E-state index contributed by atoms with van der Waals surface area (Å²) in [6.45, 7) is 4.02. The molecule has 1 heterocycles. The second-order valence-corrected chi connectivity index (χ2v) is 4.86. The summed E-state index contributed by atoms with van der Waals surface area (Å²) in [5, 5.41) is 7.29. The number of aryl methyl sites for hydroxylation is 1. The van der Waals surface area contributed by atoms with E-state index in [0.717, 1.165) is 15.9 Å². The fourth-order valence-electron chi connectivity index (χ4n) is 1.45. The van der Waals surface area contributed by atoms with E-state index >= 15 is 0 Å². The van der Waals surface area contributed by atoms with Crippen molar-refractivity contribution in [3.63, 3.8) is 0 Å². The largest absolute Gasteiger partial charge is 0.388 e. The summed E-state index contributed by atoms with van der Waals surface area (Å²) in [5.41, 5.74) is 6.51. The molecule has 1 aromatic rings. The van der Waals surface area contributed by atoms with Crippen molar-refractivity contribution in [2.75, 3.05) is 11.9 Å². The summed E-state index contributed by atoms with van der Waals surface area (Å²) in [5.74, 6) is 1.07. The lowest BCUT2D eigenvalue weighted by atomic mass is 10.2. The Kier molecular flexibility index (Phi) is 4.29. The molecule has 5 heteroatoms. The van der Waals surface area contributed by atoms with Gasteiger partial charge in [0.15, 0.2) is 0 Å². The van der Waals surface area contributed by atoms with E-state index in [9.17, 15) is 0 Å². The molecule has 0 amide bonds. The average Bonchev–Trinajstić information content (AvgIpc) is 2.15. The SMILES string of the molecule is Cc1cnc(N(C)C(C)CC(=N)N)c(Br)c1. The van der Waals surface area contributed by atoms with Crippen LogP contribution >= 0.6 is 15.9 Å². The molecule has 0 saturated heterocycles. The molecule has 0 aliphatic heterocycles. The molecule has 1 aromatic heterocycles. The van der Waals surface area contributed by atoms with Crippen LogP contribution < -0.4 is 10.6 Å². The van der Waals surface area contributed by atoms with E-state index in [1.54, 1.807) is 0 Å². The maximum Gasteiger partial charge on any atom is 0.142 e. The van der Waals surface area contributed by atoms with E-state index in [4.69, 9.17) is 11.1 Å². The fourth-order valence-corrected chi connectivity index (χ4v) is 2.19. The molecule has 0 spiro atoms. The Hall–Kier alpha value is -1.10. The van der Waals surface area contributed by atoms with Crippen molar-refractivity contribution < 1.29 is 0 Å². The van der Waals surface area contributed by atoms with Crippen molar-refractivity contribution in [3.8, 4) is 0 Å². The minimum Gasteiger partial charge on any atom is -0.388 e. The minimum atomic E-state index is 0.156. The molecule has 0 aliphatic rings. The Labute approximate surface area is 104 Å². The van der Waals surface area contributed by atoms with Gasteiger partial charge in [-0.05, 0) is 41.4 Å². The van der Waals surface area contributed by atoms with E-state index in [0.29, 0.717) is 6.42 Å². The van der Waals surface area contributed by atoms with Gasteiger partial charge in [-0.1, -0.05) is 0 Å². The predicted molar refractivity (Wildman–Crippen MR) is 71.1 cm³/mol. The van der Waals surface area contributed by atoms with Crippen LogP contribution in [0.15, 0.2) is 16.7 Å². The first-order valence-corrected chi connectivity index (χ1v) is 5.89. The van der Waals surface area contributed by atoms with Crippen LogP contribution in [0.5, 0.6) is 0 Å². The topological polar surface area (TPSA) is 66.0 Å². The number of nitrogens with two attached hydrogens (primary N) is 1. The molecular formula is C11H17BrN4. The van der Waals surface area contributed by atoms with Gasteiger partial charge in [0.1, 0.15) is 5.82 Å². The maximum absolute atomic E-state index is 7.29. The van der Waals surface area contributed by atoms with Crippen LogP contribution in [-0.4, -0.2) is 23.9 Å². The standard InChI is InChI=1S/C11H17BrN4/c1-7-4-9(12)11(15-6-7)16(3)8(2)5-10(13)14/h4,6,8H,5H2,1-3H3,(H3,13,14). The highest BCUT2D eigenvalue weighted by molar-refractivity contribution is 9.10. The lowest BCUT2D eigenvalue weighted by Gasteiger charge is -2.26. The molecular weight excluding hydrogens is 268 g/mol. The number of nitrogens with zero attached hydrogens (tertiary/aromatic N) is 2. The number of rotatable bonds is 4. The maximum atomic E-state index is 7.29. The zero-order valence-electron chi connectivity index (χ0n) is 9.79. The van der Waals surface area contributed by atoms with Gasteiger partial charge in [-0.15, -0.1) is 0 Å². The van der Waals surface area contributed by atoms with Gasteiger partial charge in [0.05, 0.1) is 10.3 Å². The summed E-state index contributed by atoms with van der Waals surface area (Å²) in [7, 11) is 1.95. The molecule has 0 aliphatic carbocycles. The molecule has 88 valence electrons. The predicted octanol–water partition coefficient (Wildman–Crippen LogP) is 2.30. The number of amidine groups is 1. The van der Waals surface area contributed by atoms with Gasteiger partial charge in [0.25, 0.3) is 0 Å². The van der Waals surface area contributed by atoms with Crippen LogP contribution in [0.4, 0.5) is 5.82 Å². The lowest BCUT2D eigenvalue weighted by molar-refractivity contribution is 0.698. The molecule has 0 bridgehead atoms. The Balaban J connectivity index is 2.87. The van der Waals surface area contributed by atoms with Crippen LogP contribution in [0.2, 0.25) is 0 Å². The molecule has 0 radical (unpaired) electrons. The van der Waals surface area contributed by atoms with Crippen molar-refractivity contribution in [3.05, 3.63) is 22.3 Å². The third-order valence-electron chi connectivity index (χ3n) is 2.47. The van der Waals surface area contributed by atoms with Crippen molar-refractivity contribution in [1.29, 1.82) is 5.41 Å². The molecule has 0 saturated carbocycles. The number of nitrogens with one attached hydrogen (secondary N) is 1. The van der Waals surface area contributed by atoms with Crippen LogP contribution in [0.25, 0.3) is 0 Å². The molecule has 4 nitrogen and oxygen atoms in total. The van der Waals surface area contributed by atoms with E-state index in [-0.39, 0.29) is 11.9 Å². The third kappa shape index (κ3) is 3.20. The van der Waals surface area contributed by atoms with Crippen molar-refractivity contribution >= 4 is 27.6 Å². The number of halogens is 1. The van der Waals surface area contributed by atoms with Gasteiger partial charge in [-0.2, -0.15) is 0 Å². The Bertz CT molecular complexity index is 392.